The second-order valence-corrected chi connectivity index (χ2v) is 4.77. The van der Waals surface area contributed by atoms with E-state index in [1.165, 1.54) is 24.3 Å². The van der Waals surface area contributed by atoms with Crippen LogP contribution in [0.25, 0.3) is 0 Å². The van der Waals surface area contributed by atoms with Gasteiger partial charge < -0.3 is 15.4 Å². The lowest BCUT2D eigenvalue weighted by molar-refractivity contribution is -0.150. The highest BCUT2D eigenvalue weighted by atomic mass is 19.1. The second-order valence-electron chi connectivity index (χ2n) is 4.77. The number of ether oxygens (including phenoxy) is 1. The number of carbonyl (C=O) groups is 2. The molecule has 112 valence electrons. The van der Waals surface area contributed by atoms with Gasteiger partial charge >= 0.3 is 12.0 Å². The maximum Gasteiger partial charge on any atom is 0.332 e. The van der Waals surface area contributed by atoms with E-state index < -0.39 is 17.5 Å². The first-order valence-corrected chi connectivity index (χ1v) is 6.73. The number of benzene rings is 1. The molecule has 0 saturated carbocycles. The Morgan fingerprint density at radius 2 is 1.86 bits per heavy atom. The monoisotopic (exact) mass is 292 g/mol. The van der Waals surface area contributed by atoms with Crippen LogP contribution in [0, 0.1) is 5.82 Å². The van der Waals surface area contributed by atoms with Gasteiger partial charge in [0.15, 0.2) is 0 Å². The maximum atomic E-state index is 12.8. The Morgan fingerprint density at radius 3 is 2.43 bits per heavy atom. The van der Waals surface area contributed by atoms with Crippen LogP contribution < -0.4 is 10.6 Å². The van der Waals surface area contributed by atoms with E-state index in [4.69, 9.17) is 4.74 Å². The molecule has 6 heteroatoms. The molecule has 1 aliphatic carbocycles. The number of esters is 1. The predicted molar refractivity (Wildman–Crippen MR) is 76.3 cm³/mol. The van der Waals surface area contributed by atoms with Gasteiger partial charge in [-0.25, -0.2) is 14.0 Å². The number of nitrogens with one attached hydrogen (secondary N) is 2. The fourth-order valence-electron chi connectivity index (χ4n) is 2.15. The Balaban J connectivity index is 2.02. The number of amides is 2. The molecular weight excluding hydrogens is 275 g/mol. The molecule has 0 atom stereocenters. The van der Waals surface area contributed by atoms with E-state index in [9.17, 15) is 14.0 Å². The fraction of sp³-hybridized carbons (Fsp3) is 0.333. The summed E-state index contributed by atoms with van der Waals surface area (Å²) in [6, 6.07) is 4.85. The van der Waals surface area contributed by atoms with Crippen LogP contribution in [0.4, 0.5) is 14.9 Å². The molecular formula is C15H17FN2O3. The van der Waals surface area contributed by atoms with Gasteiger partial charge in [-0.3, -0.25) is 0 Å². The zero-order valence-corrected chi connectivity index (χ0v) is 11.7. The van der Waals surface area contributed by atoms with Crippen LogP contribution in [0.15, 0.2) is 36.4 Å². The molecule has 5 nitrogen and oxygen atoms in total. The van der Waals surface area contributed by atoms with Crippen molar-refractivity contribution in [1.29, 1.82) is 0 Å². The highest BCUT2D eigenvalue weighted by Gasteiger charge is 2.41. The van der Waals surface area contributed by atoms with Crippen molar-refractivity contribution in [3.8, 4) is 0 Å². The lowest BCUT2D eigenvalue weighted by atomic mass is 9.97. The average molecular weight is 292 g/mol. The molecule has 0 unspecified atom stereocenters. The largest absolute Gasteiger partial charge is 0.464 e. The first-order chi connectivity index (χ1) is 10.1. The van der Waals surface area contributed by atoms with Crippen LogP contribution in [-0.2, 0) is 9.53 Å². The minimum Gasteiger partial charge on any atom is -0.464 e. The van der Waals surface area contributed by atoms with Crippen LogP contribution in [0.2, 0.25) is 0 Å². The summed E-state index contributed by atoms with van der Waals surface area (Å²) in [5.74, 6) is -0.840. The molecule has 0 spiro atoms. The van der Waals surface area contributed by atoms with Crippen molar-refractivity contribution in [2.75, 3.05) is 11.9 Å². The van der Waals surface area contributed by atoms with Crippen LogP contribution in [0.5, 0.6) is 0 Å². The van der Waals surface area contributed by atoms with Crippen LogP contribution in [0.3, 0.4) is 0 Å². The minimum atomic E-state index is -1.06. The number of rotatable bonds is 4. The summed E-state index contributed by atoms with van der Waals surface area (Å²) in [7, 11) is 0. The molecule has 21 heavy (non-hydrogen) atoms. The van der Waals surface area contributed by atoms with Crippen molar-refractivity contribution < 1.29 is 18.7 Å². The van der Waals surface area contributed by atoms with Crippen molar-refractivity contribution in [3.05, 3.63) is 42.2 Å². The first-order valence-electron chi connectivity index (χ1n) is 6.73. The van der Waals surface area contributed by atoms with Gasteiger partial charge in [0.2, 0.25) is 0 Å². The zero-order valence-electron chi connectivity index (χ0n) is 11.7. The number of hydrogen-bond donors (Lipinski definition) is 2. The summed E-state index contributed by atoms with van der Waals surface area (Å²) in [5.41, 5.74) is -0.612. The number of anilines is 1. The number of urea groups is 1. The molecule has 0 radical (unpaired) electrons. The minimum absolute atomic E-state index is 0.252. The van der Waals surface area contributed by atoms with E-state index in [1.54, 1.807) is 6.92 Å². The molecule has 0 aliphatic heterocycles. The van der Waals surface area contributed by atoms with E-state index in [0.29, 0.717) is 18.5 Å². The van der Waals surface area contributed by atoms with Crippen LogP contribution in [-0.4, -0.2) is 24.1 Å². The standard InChI is InChI=1S/C15H17FN2O3/c1-2-21-13(19)15(9-3-4-10-15)18-14(20)17-12-7-5-11(16)6-8-12/h3-8H,2,9-10H2,1H3,(H2,17,18,20). The van der Waals surface area contributed by atoms with Crippen molar-refractivity contribution in [2.45, 2.75) is 25.3 Å². The quantitative estimate of drug-likeness (QED) is 0.662. The smallest absolute Gasteiger partial charge is 0.332 e. The van der Waals surface area contributed by atoms with Crippen molar-refractivity contribution >= 4 is 17.7 Å². The van der Waals surface area contributed by atoms with E-state index in [0.717, 1.165) is 0 Å². The molecule has 0 fully saturated rings. The molecule has 1 aromatic rings. The lowest BCUT2D eigenvalue weighted by Crippen LogP contribution is -2.54. The third-order valence-corrected chi connectivity index (χ3v) is 3.22. The zero-order chi connectivity index (χ0) is 15.3. The third-order valence-electron chi connectivity index (χ3n) is 3.22. The maximum absolute atomic E-state index is 12.8. The summed E-state index contributed by atoms with van der Waals surface area (Å²) in [6.07, 6.45) is 4.44. The van der Waals surface area contributed by atoms with Crippen LogP contribution >= 0.6 is 0 Å². The Labute approximate surface area is 122 Å². The molecule has 0 aromatic heterocycles. The first kappa shape index (κ1) is 15.0. The third kappa shape index (κ3) is 3.59. The molecule has 2 rings (SSSR count). The van der Waals surface area contributed by atoms with Crippen molar-refractivity contribution in [1.82, 2.24) is 5.32 Å². The molecule has 2 N–H and O–H groups in total. The number of halogens is 1. The second kappa shape index (κ2) is 6.39. The lowest BCUT2D eigenvalue weighted by Gasteiger charge is -2.27. The van der Waals surface area contributed by atoms with E-state index in [1.807, 2.05) is 12.2 Å². The topological polar surface area (TPSA) is 67.4 Å². The highest BCUT2D eigenvalue weighted by Crippen LogP contribution is 2.25. The molecule has 0 saturated heterocycles. The summed E-state index contributed by atoms with van der Waals surface area (Å²) in [5, 5.41) is 5.22. The molecule has 1 aromatic carbocycles. The van der Waals surface area contributed by atoms with Crippen LogP contribution in [0.1, 0.15) is 19.8 Å². The molecule has 1 aliphatic rings. The Hall–Kier alpha value is -2.37. The molecule has 0 bridgehead atoms. The fourth-order valence-corrected chi connectivity index (χ4v) is 2.15. The summed E-state index contributed by atoms with van der Waals surface area (Å²) < 4.78 is 17.8. The summed E-state index contributed by atoms with van der Waals surface area (Å²) in [6.45, 7) is 1.97. The van der Waals surface area contributed by atoms with Gasteiger partial charge in [-0.2, -0.15) is 0 Å². The Morgan fingerprint density at radius 1 is 1.24 bits per heavy atom. The normalized spacial score (nSPS) is 15.5. The van der Waals surface area contributed by atoms with Crippen molar-refractivity contribution in [3.63, 3.8) is 0 Å². The van der Waals surface area contributed by atoms with Gasteiger partial charge in [-0.05, 0) is 44.0 Å². The average Bonchev–Trinajstić information content (AvgIpc) is 2.91. The number of carbonyl (C=O) groups excluding carboxylic acids is 2. The van der Waals surface area contributed by atoms with Gasteiger partial charge in [-0.1, -0.05) is 12.2 Å². The van der Waals surface area contributed by atoms with E-state index in [2.05, 4.69) is 10.6 Å². The predicted octanol–water partition coefficient (Wildman–Crippen LogP) is 2.60. The van der Waals surface area contributed by atoms with Gasteiger partial charge in [-0.15, -0.1) is 0 Å². The molecule has 2 amide bonds. The van der Waals surface area contributed by atoms with Gasteiger partial charge in [0.1, 0.15) is 11.4 Å². The summed E-state index contributed by atoms with van der Waals surface area (Å²) in [4.78, 5) is 24.1. The van der Waals surface area contributed by atoms with Gasteiger partial charge in [0.25, 0.3) is 0 Å². The molecule has 0 heterocycles. The van der Waals surface area contributed by atoms with Gasteiger partial charge in [0.05, 0.1) is 6.61 Å². The van der Waals surface area contributed by atoms with Crippen molar-refractivity contribution in [2.24, 2.45) is 0 Å². The van der Waals surface area contributed by atoms with E-state index >= 15 is 0 Å². The van der Waals surface area contributed by atoms with E-state index in [-0.39, 0.29) is 12.4 Å². The Bertz CT molecular complexity index is 547. The summed E-state index contributed by atoms with van der Waals surface area (Å²) >= 11 is 0. The number of hydrogen-bond acceptors (Lipinski definition) is 3. The Kier molecular flexibility index (Phi) is 4.57. The SMILES string of the molecule is CCOC(=O)C1(NC(=O)Nc2ccc(F)cc2)CC=CC1. The van der Waals surface area contributed by atoms with Gasteiger partial charge in [0, 0.05) is 5.69 Å². The highest BCUT2D eigenvalue weighted by molar-refractivity contribution is 5.94.